The van der Waals surface area contributed by atoms with Crippen LogP contribution in [0.5, 0.6) is 0 Å². The van der Waals surface area contributed by atoms with Gasteiger partial charge in [0.15, 0.2) is 17.2 Å². The highest BCUT2D eigenvalue weighted by molar-refractivity contribution is 5.87. The summed E-state index contributed by atoms with van der Waals surface area (Å²) in [7, 11) is 1.84. The number of likely N-dealkylation sites (tertiary alicyclic amines) is 1. The van der Waals surface area contributed by atoms with Gasteiger partial charge < -0.3 is 19.3 Å². The first kappa shape index (κ1) is 15.6. The number of imidazole rings is 1. The highest BCUT2D eigenvalue weighted by atomic mass is 16.5. The molecule has 1 atom stereocenters. The van der Waals surface area contributed by atoms with Gasteiger partial charge in [0, 0.05) is 19.7 Å². The molecule has 1 fully saturated rings. The first-order chi connectivity index (χ1) is 12.1. The van der Waals surface area contributed by atoms with Crippen molar-refractivity contribution in [3.63, 3.8) is 0 Å². The van der Waals surface area contributed by atoms with E-state index < -0.39 is 0 Å². The maximum atomic E-state index is 12.8. The SMILES string of the molecule is Cc1cc([C@H]2CCCN2C(=O)CN(C)c2ncnc3nc[nH]c23)on1. The van der Waals surface area contributed by atoms with E-state index in [1.54, 1.807) is 6.33 Å². The molecule has 0 saturated carbocycles. The van der Waals surface area contributed by atoms with Crippen molar-refractivity contribution in [3.05, 3.63) is 30.2 Å². The average Bonchev–Trinajstić information content (AvgIpc) is 3.33. The lowest BCUT2D eigenvalue weighted by Crippen LogP contribution is -2.39. The first-order valence-corrected chi connectivity index (χ1v) is 8.21. The van der Waals surface area contributed by atoms with Gasteiger partial charge in [-0.25, -0.2) is 15.0 Å². The molecule has 0 aliphatic carbocycles. The molecule has 9 heteroatoms. The minimum atomic E-state index is -0.0420. The Balaban J connectivity index is 1.52. The molecule has 0 bridgehead atoms. The molecule has 3 aromatic heterocycles. The molecule has 1 amide bonds. The molecule has 4 rings (SSSR count). The largest absolute Gasteiger partial charge is 0.359 e. The summed E-state index contributed by atoms with van der Waals surface area (Å²) < 4.78 is 5.37. The second-order valence-corrected chi connectivity index (χ2v) is 6.27. The summed E-state index contributed by atoms with van der Waals surface area (Å²) in [6.07, 6.45) is 4.87. The van der Waals surface area contributed by atoms with Crippen LogP contribution in [0, 0.1) is 6.92 Å². The van der Waals surface area contributed by atoms with Crippen LogP contribution < -0.4 is 4.90 Å². The minimum absolute atomic E-state index is 0.0327. The Kier molecular flexibility index (Phi) is 3.83. The van der Waals surface area contributed by atoms with E-state index in [4.69, 9.17) is 4.52 Å². The van der Waals surface area contributed by atoms with Gasteiger partial charge in [0.2, 0.25) is 5.91 Å². The predicted molar refractivity (Wildman–Crippen MR) is 89.9 cm³/mol. The van der Waals surface area contributed by atoms with E-state index in [1.807, 2.05) is 29.8 Å². The fourth-order valence-corrected chi connectivity index (χ4v) is 3.31. The maximum absolute atomic E-state index is 12.8. The summed E-state index contributed by atoms with van der Waals surface area (Å²) in [6, 6.07) is 1.86. The third-order valence-electron chi connectivity index (χ3n) is 4.48. The van der Waals surface area contributed by atoms with Crippen molar-refractivity contribution in [1.29, 1.82) is 0 Å². The molecule has 1 aliphatic heterocycles. The number of hydrogen-bond acceptors (Lipinski definition) is 7. The van der Waals surface area contributed by atoms with E-state index in [1.165, 1.54) is 6.33 Å². The van der Waals surface area contributed by atoms with Crippen molar-refractivity contribution in [3.8, 4) is 0 Å². The second-order valence-electron chi connectivity index (χ2n) is 6.27. The lowest BCUT2D eigenvalue weighted by Gasteiger charge is -2.26. The normalized spacial score (nSPS) is 17.4. The fourth-order valence-electron chi connectivity index (χ4n) is 3.31. The van der Waals surface area contributed by atoms with Crippen molar-refractivity contribution in [2.45, 2.75) is 25.8 Å². The fraction of sp³-hybridized carbons (Fsp3) is 0.438. The number of hydrogen-bond donors (Lipinski definition) is 1. The molecule has 130 valence electrons. The third kappa shape index (κ3) is 2.81. The zero-order valence-electron chi connectivity index (χ0n) is 14.1. The van der Waals surface area contributed by atoms with Gasteiger partial charge in [-0.05, 0) is 19.8 Å². The van der Waals surface area contributed by atoms with Gasteiger partial charge in [-0.15, -0.1) is 0 Å². The summed E-state index contributed by atoms with van der Waals surface area (Å²) in [5.74, 6) is 1.44. The minimum Gasteiger partial charge on any atom is -0.359 e. The molecule has 3 aromatic rings. The van der Waals surface area contributed by atoms with Crippen LogP contribution in [0.2, 0.25) is 0 Å². The Bertz CT molecular complexity index is 903. The number of aryl methyl sites for hydroxylation is 1. The lowest BCUT2D eigenvalue weighted by molar-refractivity contribution is -0.130. The molecule has 1 N–H and O–H groups in total. The van der Waals surface area contributed by atoms with E-state index in [-0.39, 0.29) is 18.5 Å². The number of nitrogens with one attached hydrogen (secondary N) is 1. The van der Waals surface area contributed by atoms with Gasteiger partial charge in [0.25, 0.3) is 0 Å². The van der Waals surface area contributed by atoms with Crippen LogP contribution in [0.25, 0.3) is 11.2 Å². The Labute approximate surface area is 144 Å². The zero-order chi connectivity index (χ0) is 17.4. The summed E-state index contributed by atoms with van der Waals surface area (Å²) in [5, 5.41) is 3.94. The first-order valence-electron chi connectivity index (χ1n) is 8.21. The van der Waals surface area contributed by atoms with E-state index in [9.17, 15) is 4.79 Å². The highest BCUT2D eigenvalue weighted by Crippen LogP contribution is 2.32. The van der Waals surface area contributed by atoms with Crippen LogP contribution in [0.4, 0.5) is 5.82 Å². The lowest BCUT2D eigenvalue weighted by atomic mass is 10.1. The molecule has 9 nitrogen and oxygen atoms in total. The van der Waals surface area contributed by atoms with Gasteiger partial charge in [-0.2, -0.15) is 0 Å². The number of fused-ring (bicyclic) bond motifs is 1. The van der Waals surface area contributed by atoms with E-state index in [0.717, 1.165) is 36.4 Å². The summed E-state index contributed by atoms with van der Waals surface area (Å²) in [5.41, 5.74) is 2.14. The van der Waals surface area contributed by atoms with E-state index in [0.29, 0.717) is 11.5 Å². The highest BCUT2D eigenvalue weighted by Gasteiger charge is 2.33. The van der Waals surface area contributed by atoms with Gasteiger partial charge in [-0.1, -0.05) is 5.16 Å². The second kappa shape index (κ2) is 6.15. The Morgan fingerprint density at radius 1 is 1.44 bits per heavy atom. The smallest absolute Gasteiger partial charge is 0.242 e. The summed E-state index contributed by atoms with van der Waals surface area (Å²) in [4.78, 5) is 32.1. The van der Waals surface area contributed by atoms with Crippen molar-refractivity contribution < 1.29 is 9.32 Å². The number of amides is 1. The Morgan fingerprint density at radius 2 is 2.32 bits per heavy atom. The van der Waals surface area contributed by atoms with Crippen molar-refractivity contribution in [2.24, 2.45) is 0 Å². The van der Waals surface area contributed by atoms with E-state index >= 15 is 0 Å². The van der Waals surface area contributed by atoms with Crippen LogP contribution in [0.15, 0.2) is 23.2 Å². The quantitative estimate of drug-likeness (QED) is 0.766. The number of likely N-dealkylation sites (N-methyl/N-ethyl adjacent to an activating group) is 1. The van der Waals surface area contributed by atoms with Crippen molar-refractivity contribution in [1.82, 2.24) is 30.0 Å². The molecule has 0 radical (unpaired) electrons. The standard InChI is InChI=1S/C16H19N7O2/c1-10-6-12(25-21-10)11-4-3-5-23(11)13(24)7-22(2)16-14-15(18-8-17-14)19-9-20-16/h6,8-9,11H,3-5,7H2,1-2H3,(H,17,18,19,20)/t11-/m1/s1. The number of carbonyl (C=O) groups excluding carboxylic acids is 1. The number of carbonyl (C=O) groups is 1. The number of aromatic amines is 1. The number of anilines is 1. The number of H-pyrrole nitrogens is 1. The number of aromatic nitrogens is 5. The van der Waals surface area contributed by atoms with Gasteiger partial charge in [0.05, 0.1) is 24.6 Å². The van der Waals surface area contributed by atoms with Gasteiger partial charge in [-0.3, -0.25) is 4.79 Å². The summed E-state index contributed by atoms with van der Waals surface area (Å²) in [6.45, 7) is 2.82. The molecular weight excluding hydrogens is 322 g/mol. The monoisotopic (exact) mass is 341 g/mol. The summed E-state index contributed by atoms with van der Waals surface area (Å²) >= 11 is 0. The Morgan fingerprint density at radius 3 is 3.12 bits per heavy atom. The van der Waals surface area contributed by atoms with Crippen LogP contribution in [-0.4, -0.2) is 56.0 Å². The Hall–Kier alpha value is -2.97. The van der Waals surface area contributed by atoms with Crippen LogP contribution in [0.3, 0.4) is 0 Å². The number of rotatable bonds is 4. The predicted octanol–water partition coefficient (Wildman–Crippen LogP) is 1.45. The van der Waals surface area contributed by atoms with Gasteiger partial charge >= 0.3 is 0 Å². The molecule has 4 heterocycles. The maximum Gasteiger partial charge on any atom is 0.242 e. The molecule has 25 heavy (non-hydrogen) atoms. The van der Waals surface area contributed by atoms with E-state index in [2.05, 4.69) is 25.1 Å². The topological polar surface area (TPSA) is 104 Å². The molecular formula is C16H19N7O2. The molecule has 1 saturated heterocycles. The average molecular weight is 341 g/mol. The van der Waals surface area contributed by atoms with Crippen LogP contribution in [-0.2, 0) is 4.79 Å². The van der Waals surface area contributed by atoms with Crippen molar-refractivity contribution >= 4 is 22.9 Å². The zero-order valence-corrected chi connectivity index (χ0v) is 14.1. The molecule has 0 aromatic carbocycles. The third-order valence-corrected chi connectivity index (χ3v) is 4.48. The molecule has 1 aliphatic rings. The van der Waals surface area contributed by atoms with Crippen LogP contribution in [0.1, 0.15) is 30.3 Å². The molecule has 0 spiro atoms. The van der Waals surface area contributed by atoms with Gasteiger partial charge in [0.1, 0.15) is 11.8 Å². The van der Waals surface area contributed by atoms with Crippen LogP contribution >= 0.6 is 0 Å². The van der Waals surface area contributed by atoms with Crippen molar-refractivity contribution in [2.75, 3.05) is 25.0 Å². The number of nitrogens with zero attached hydrogens (tertiary/aromatic N) is 6. The molecule has 0 unspecified atom stereocenters.